The smallest absolute Gasteiger partial charge is 0.338 e. The number of thiazole rings is 1. The van der Waals surface area contributed by atoms with E-state index in [1.165, 1.54) is 61.5 Å². The summed E-state index contributed by atoms with van der Waals surface area (Å²) in [6.45, 7) is 1.40. The zero-order valence-corrected chi connectivity index (χ0v) is 24.8. The maximum atomic E-state index is 15.5. The molecule has 1 aliphatic rings. The minimum atomic E-state index is -4.59. The van der Waals surface area contributed by atoms with Gasteiger partial charge < -0.3 is 10.5 Å². The van der Waals surface area contributed by atoms with Crippen LogP contribution in [0.25, 0.3) is 17.5 Å². The lowest BCUT2D eigenvalue weighted by molar-refractivity contribution is -0.136. The summed E-state index contributed by atoms with van der Waals surface area (Å²) in [5.74, 6) is -4.95. The minimum Gasteiger partial charge on any atom is -0.463 e. The number of allylic oxidation sites excluding steroid dienone is 1. The van der Waals surface area contributed by atoms with Crippen molar-refractivity contribution in [1.82, 2.24) is 4.57 Å². The quantitative estimate of drug-likeness (QED) is 0.311. The molecule has 4 aromatic rings. The Kier molecular flexibility index (Phi) is 8.13. The molecule has 0 amide bonds. The zero-order chi connectivity index (χ0) is 30.3. The third-order valence-corrected chi connectivity index (χ3v) is 10.2. The number of ether oxygens (including phenoxy) is 1. The van der Waals surface area contributed by atoms with E-state index in [9.17, 15) is 22.4 Å². The van der Waals surface area contributed by atoms with E-state index < -0.39 is 49.6 Å². The topological polar surface area (TPSA) is 108 Å². The van der Waals surface area contributed by atoms with Crippen molar-refractivity contribution in [3.63, 3.8) is 0 Å². The average Bonchev–Trinajstić information content (AvgIpc) is 3.27. The van der Waals surface area contributed by atoms with Gasteiger partial charge in [0, 0.05) is 16.1 Å². The molecule has 1 aliphatic heterocycles. The van der Waals surface area contributed by atoms with E-state index in [0.29, 0.717) is 11.3 Å². The number of nitrogens with zero attached hydrogens (tertiary/aromatic N) is 1. The molecule has 0 unspecified atom stereocenters. The minimum absolute atomic E-state index is 0.00670. The molecule has 216 valence electrons. The van der Waals surface area contributed by atoms with Gasteiger partial charge in [0.25, 0.3) is 5.56 Å². The number of carbonyl (C=O) groups excluding carboxylic acids is 1. The van der Waals surface area contributed by atoms with Crippen molar-refractivity contribution >= 4 is 67.8 Å². The zero-order valence-electron chi connectivity index (χ0n) is 21.6. The highest BCUT2D eigenvalue weighted by molar-refractivity contribution is 7.95. The fourth-order valence-electron chi connectivity index (χ4n) is 4.67. The van der Waals surface area contributed by atoms with E-state index >= 15 is 4.39 Å². The van der Waals surface area contributed by atoms with Gasteiger partial charge >= 0.3 is 5.97 Å². The van der Waals surface area contributed by atoms with Gasteiger partial charge in [0.1, 0.15) is 27.0 Å². The van der Waals surface area contributed by atoms with Crippen LogP contribution in [0, 0.1) is 11.6 Å². The molecule has 0 saturated carbocycles. The first-order chi connectivity index (χ1) is 20.0. The van der Waals surface area contributed by atoms with Crippen molar-refractivity contribution in [2.45, 2.75) is 17.7 Å². The van der Waals surface area contributed by atoms with Gasteiger partial charge in [0.15, 0.2) is 0 Å². The number of sulfone groups is 1. The van der Waals surface area contributed by atoms with Crippen LogP contribution in [-0.2, 0) is 19.4 Å². The Morgan fingerprint density at radius 1 is 1.02 bits per heavy atom. The number of hydrogen-bond acceptors (Lipinski definition) is 7. The molecule has 5 rings (SSSR count). The van der Waals surface area contributed by atoms with Crippen molar-refractivity contribution in [3.8, 4) is 0 Å². The summed E-state index contributed by atoms with van der Waals surface area (Å²) in [6, 6.07) is 14.8. The molecule has 42 heavy (non-hydrogen) atoms. The molecule has 2 heterocycles. The molecule has 0 spiro atoms. The summed E-state index contributed by atoms with van der Waals surface area (Å²) in [4.78, 5) is 26.5. The Labute approximate surface area is 252 Å². The highest BCUT2D eigenvalue weighted by Gasteiger charge is 2.44. The number of benzene rings is 3. The van der Waals surface area contributed by atoms with Crippen molar-refractivity contribution in [1.29, 1.82) is 0 Å². The highest BCUT2D eigenvalue weighted by atomic mass is 35.5. The number of halogens is 4. The van der Waals surface area contributed by atoms with E-state index in [1.54, 1.807) is 6.07 Å². The molecule has 1 aromatic heterocycles. The van der Waals surface area contributed by atoms with Gasteiger partial charge in [0.05, 0.1) is 32.5 Å². The van der Waals surface area contributed by atoms with Gasteiger partial charge in [-0.3, -0.25) is 9.36 Å². The van der Waals surface area contributed by atoms with Gasteiger partial charge in [-0.25, -0.2) is 22.0 Å². The lowest BCUT2D eigenvalue weighted by Crippen LogP contribution is -2.41. The van der Waals surface area contributed by atoms with Crippen molar-refractivity contribution in [3.05, 3.63) is 124 Å². The number of hydrogen-bond donors (Lipinski definition) is 1. The average molecular weight is 650 g/mol. The molecular weight excluding hydrogens is 629 g/mol. The second-order valence-corrected chi connectivity index (χ2v) is 12.7. The Morgan fingerprint density at radius 2 is 1.67 bits per heavy atom. The number of fused-ring (bicyclic) bond motifs is 1. The second-order valence-electron chi connectivity index (χ2n) is 8.96. The lowest BCUT2D eigenvalue weighted by atomic mass is 9.89. The monoisotopic (exact) mass is 648 g/mol. The van der Waals surface area contributed by atoms with E-state index in [0.717, 1.165) is 16.7 Å². The normalized spacial score (nSPS) is 15.6. The van der Waals surface area contributed by atoms with E-state index in [4.69, 9.17) is 33.7 Å². The molecule has 0 radical (unpaired) electrons. The van der Waals surface area contributed by atoms with Crippen LogP contribution in [0.1, 0.15) is 24.0 Å². The molecule has 2 N–H and O–H groups in total. The Balaban J connectivity index is 1.99. The number of nitrogens with two attached hydrogens (primary N) is 1. The third kappa shape index (κ3) is 4.96. The van der Waals surface area contributed by atoms with Crippen LogP contribution < -0.4 is 20.5 Å². The van der Waals surface area contributed by atoms with Crippen LogP contribution in [0.3, 0.4) is 0 Å². The van der Waals surface area contributed by atoms with Crippen LogP contribution >= 0.6 is 34.5 Å². The maximum absolute atomic E-state index is 15.5. The molecule has 0 bridgehead atoms. The molecule has 0 aliphatic carbocycles. The first-order valence-corrected chi connectivity index (χ1v) is 15.4. The summed E-state index contributed by atoms with van der Waals surface area (Å²) in [5.41, 5.74) is 4.77. The molecule has 1 atom stereocenters. The predicted molar refractivity (Wildman–Crippen MR) is 158 cm³/mol. The Bertz CT molecular complexity index is 2030. The van der Waals surface area contributed by atoms with Crippen molar-refractivity contribution < 1.29 is 26.7 Å². The highest BCUT2D eigenvalue weighted by Crippen LogP contribution is 2.45. The molecular formula is C29H20Cl2F2N2O5S2. The summed E-state index contributed by atoms with van der Waals surface area (Å²) >= 11 is 13.3. The van der Waals surface area contributed by atoms with E-state index in [1.807, 2.05) is 0 Å². The molecule has 0 saturated heterocycles. The van der Waals surface area contributed by atoms with Crippen LogP contribution in [0.15, 0.2) is 81.3 Å². The van der Waals surface area contributed by atoms with Crippen LogP contribution in [-0.4, -0.2) is 25.6 Å². The summed E-state index contributed by atoms with van der Waals surface area (Å²) in [7, 11) is -4.59. The second kappa shape index (κ2) is 11.5. The van der Waals surface area contributed by atoms with Gasteiger partial charge in [0.2, 0.25) is 9.84 Å². The number of carbonyl (C=O) groups is 1. The fraction of sp³-hybridized carbons (Fsp3) is 0.103. The molecule has 13 heteroatoms. The predicted octanol–water partition coefficient (Wildman–Crippen LogP) is 4.39. The van der Waals surface area contributed by atoms with E-state index in [-0.39, 0.29) is 47.4 Å². The molecule has 7 nitrogen and oxygen atoms in total. The van der Waals surface area contributed by atoms with Crippen LogP contribution in [0.4, 0.5) is 8.78 Å². The Morgan fingerprint density at radius 3 is 2.29 bits per heavy atom. The number of rotatable bonds is 6. The summed E-state index contributed by atoms with van der Waals surface area (Å²) < 4.78 is 64.4. The largest absolute Gasteiger partial charge is 0.463 e. The van der Waals surface area contributed by atoms with Crippen molar-refractivity contribution in [2.24, 2.45) is 5.73 Å². The van der Waals surface area contributed by atoms with E-state index in [2.05, 4.69) is 0 Å². The first kappa shape index (κ1) is 29.7. The Hall–Kier alpha value is -3.77. The molecule has 0 fully saturated rings. The molecule has 3 aromatic carbocycles. The van der Waals surface area contributed by atoms with Crippen LogP contribution in [0.5, 0.6) is 0 Å². The maximum Gasteiger partial charge on any atom is 0.338 e. The lowest BCUT2D eigenvalue weighted by Gasteiger charge is -2.28. The van der Waals surface area contributed by atoms with Gasteiger partial charge in [-0.15, -0.1) is 11.3 Å². The number of aromatic nitrogens is 1. The first-order valence-electron chi connectivity index (χ1n) is 12.3. The third-order valence-electron chi connectivity index (χ3n) is 6.50. The van der Waals surface area contributed by atoms with Gasteiger partial charge in [-0.05, 0) is 49.4 Å². The van der Waals surface area contributed by atoms with Crippen LogP contribution in [0.2, 0.25) is 10.0 Å². The standard InChI is InChI=1S/C29H20Cl2F2N2O5S2/c1-2-40-29(37)24-23(22-18(31)11-7-13-20(22)33)25(42(38,39)15-8-4-3-5-9-15)26(34)35-27(36)21(41-28(24)35)14-16-17(30)10-6-12-19(16)32/h3-14,23H,2,34H2,1H3/t23-/m1/s1. The fourth-order valence-corrected chi connectivity index (χ4v) is 7.99. The number of esters is 1. The van der Waals surface area contributed by atoms with Crippen molar-refractivity contribution in [2.75, 3.05) is 6.61 Å². The summed E-state index contributed by atoms with van der Waals surface area (Å²) in [5, 5.41) is -0.181. The SMILES string of the molecule is CCOC(=O)C1=c2sc(=Cc3c(F)cccc3Cl)c(=O)n2C(N)=C(S(=O)(=O)c2ccccc2)[C@@H]1c1c(F)cccc1Cl. The van der Waals surface area contributed by atoms with Gasteiger partial charge in [-0.1, -0.05) is 53.5 Å². The van der Waals surface area contributed by atoms with Gasteiger partial charge in [-0.2, -0.15) is 0 Å². The summed E-state index contributed by atoms with van der Waals surface area (Å²) in [6.07, 6.45) is 1.17.